The Kier molecular flexibility index (Phi) is 4.31. The van der Waals surface area contributed by atoms with E-state index < -0.39 is 5.60 Å². The normalized spacial score (nSPS) is 14.3. The largest absolute Gasteiger partial charge is 0.393 e. The minimum Gasteiger partial charge on any atom is -0.393 e. The molecule has 0 amide bonds. The molecule has 102 valence electrons. The van der Waals surface area contributed by atoms with Crippen LogP contribution in [-0.4, -0.2) is 39.2 Å². The number of hydrogen-bond acceptors (Lipinski definition) is 4. The van der Waals surface area contributed by atoms with Gasteiger partial charge in [0.15, 0.2) is 0 Å². The summed E-state index contributed by atoms with van der Waals surface area (Å²) in [5, 5.41) is 28.8. The molecule has 1 aromatic heterocycles. The second-order valence-electron chi connectivity index (χ2n) is 4.89. The van der Waals surface area contributed by atoms with Crippen molar-refractivity contribution in [2.75, 3.05) is 13.2 Å². The van der Waals surface area contributed by atoms with Gasteiger partial charge in [0.1, 0.15) is 0 Å². The van der Waals surface area contributed by atoms with Crippen LogP contribution in [0.1, 0.15) is 12.5 Å². The van der Waals surface area contributed by atoms with Gasteiger partial charge in [-0.1, -0.05) is 30.3 Å². The molecule has 2 rings (SSSR count). The lowest BCUT2D eigenvalue weighted by Crippen LogP contribution is -2.40. The van der Waals surface area contributed by atoms with Crippen LogP contribution >= 0.6 is 0 Å². The fourth-order valence-electron chi connectivity index (χ4n) is 1.82. The molecular formula is C14H19N3O2. The van der Waals surface area contributed by atoms with Gasteiger partial charge >= 0.3 is 0 Å². The van der Waals surface area contributed by atoms with E-state index in [4.69, 9.17) is 5.11 Å². The van der Waals surface area contributed by atoms with Crippen molar-refractivity contribution in [3.8, 4) is 11.3 Å². The van der Waals surface area contributed by atoms with Crippen LogP contribution in [0, 0.1) is 0 Å². The highest BCUT2D eigenvalue weighted by Crippen LogP contribution is 2.20. The Morgan fingerprint density at radius 2 is 2.05 bits per heavy atom. The van der Waals surface area contributed by atoms with E-state index in [1.54, 1.807) is 13.1 Å². The smallest absolute Gasteiger partial charge is 0.0972 e. The predicted octanol–water partition coefficient (Wildman–Crippen LogP) is 0.910. The number of nitrogens with zero attached hydrogens (tertiary/aromatic N) is 1. The van der Waals surface area contributed by atoms with Crippen molar-refractivity contribution >= 4 is 0 Å². The molecule has 1 aromatic carbocycles. The quantitative estimate of drug-likeness (QED) is 0.623. The van der Waals surface area contributed by atoms with Crippen molar-refractivity contribution < 1.29 is 10.2 Å². The van der Waals surface area contributed by atoms with Crippen molar-refractivity contribution in [3.05, 3.63) is 42.1 Å². The van der Waals surface area contributed by atoms with Crippen LogP contribution < -0.4 is 5.32 Å². The van der Waals surface area contributed by atoms with Crippen molar-refractivity contribution in [3.63, 3.8) is 0 Å². The second kappa shape index (κ2) is 5.97. The number of benzene rings is 1. The van der Waals surface area contributed by atoms with Gasteiger partial charge in [-0.25, -0.2) is 0 Å². The van der Waals surface area contributed by atoms with Crippen LogP contribution in [0.4, 0.5) is 0 Å². The maximum atomic E-state index is 9.70. The summed E-state index contributed by atoms with van der Waals surface area (Å²) in [6.07, 6.45) is 1.77. The number of aliphatic hydroxyl groups excluding tert-OH is 1. The fraction of sp³-hybridized carbons (Fsp3) is 0.357. The average molecular weight is 261 g/mol. The number of aliphatic hydroxyl groups is 2. The van der Waals surface area contributed by atoms with Crippen LogP contribution in [-0.2, 0) is 6.54 Å². The summed E-state index contributed by atoms with van der Waals surface area (Å²) < 4.78 is 0. The maximum Gasteiger partial charge on any atom is 0.0972 e. The van der Waals surface area contributed by atoms with Crippen molar-refractivity contribution in [2.45, 2.75) is 19.1 Å². The van der Waals surface area contributed by atoms with Crippen LogP contribution in [0.3, 0.4) is 0 Å². The van der Waals surface area contributed by atoms with E-state index in [1.165, 1.54) is 0 Å². The zero-order valence-electron chi connectivity index (χ0n) is 10.9. The summed E-state index contributed by atoms with van der Waals surface area (Å²) in [6, 6.07) is 9.95. The monoisotopic (exact) mass is 261 g/mol. The Morgan fingerprint density at radius 3 is 2.74 bits per heavy atom. The first kappa shape index (κ1) is 13.7. The van der Waals surface area contributed by atoms with Gasteiger partial charge in [-0.05, 0) is 12.5 Å². The molecule has 1 unspecified atom stereocenters. The number of aromatic nitrogens is 2. The number of rotatable bonds is 6. The highest BCUT2D eigenvalue weighted by atomic mass is 16.3. The van der Waals surface area contributed by atoms with E-state index >= 15 is 0 Å². The predicted molar refractivity (Wildman–Crippen MR) is 73.4 cm³/mol. The molecule has 0 fully saturated rings. The number of H-pyrrole nitrogens is 1. The average Bonchev–Trinajstić information content (AvgIpc) is 2.88. The molecule has 0 spiro atoms. The van der Waals surface area contributed by atoms with Crippen LogP contribution in [0.5, 0.6) is 0 Å². The van der Waals surface area contributed by atoms with E-state index in [-0.39, 0.29) is 6.61 Å². The van der Waals surface area contributed by atoms with Gasteiger partial charge in [0.05, 0.1) is 24.1 Å². The zero-order chi connectivity index (χ0) is 13.7. The van der Waals surface area contributed by atoms with Gasteiger partial charge < -0.3 is 15.5 Å². The molecule has 19 heavy (non-hydrogen) atoms. The third-order valence-corrected chi connectivity index (χ3v) is 2.94. The van der Waals surface area contributed by atoms with Crippen molar-refractivity contribution in [1.29, 1.82) is 0 Å². The Bertz CT molecular complexity index is 508. The molecule has 4 N–H and O–H groups in total. The van der Waals surface area contributed by atoms with Crippen molar-refractivity contribution in [1.82, 2.24) is 15.5 Å². The van der Waals surface area contributed by atoms with E-state index in [2.05, 4.69) is 15.5 Å². The van der Waals surface area contributed by atoms with E-state index in [1.807, 2.05) is 30.3 Å². The van der Waals surface area contributed by atoms with Crippen LogP contribution in [0.25, 0.3) is 11.3 Å². The summed E-state index contributed by atoms with van der Waals surface area (Å²) >= 11 is 0. The van der Waals surface area contributed by atoms with Gasteiger partial charge in [-0.2, -0.15) is 5.10 Å². The zero-order valence-corrected chi connectivity index (χ0v) is 10.9. The minimum absolute atomic E-state index is 0.267. The molecular weight excluding hydrogens is 242 g/mol. The number of hydrogen-bond donors (Lipinski definition) is 4. The molecule has 5 heteroatoms. The lowest BCUT2D eigenvalue weighted by molar-refractivity contribution is 0.00254. The fourth-order valence-corrected chi connectivity index (χ4v) is 1.82. The third kappa shape index (κ3) is 3.64. The summed E-state index contributed by atoms with van der Waals surface area (Å²) in [6.45, 7) is 2.23. The minimum atomic E-state index is -1.10. The Labute approximate surface area is 112 Å². The van der Waals surface area contributed by atoms with E-state index in [9.17, 15) is 5.11 Å². The molecule has 5 nitrogen and oxygen atoms in total. The topological polar surface area (TPSA) is 81.2 Å². The highest BCUT2D eigenvalue weighted by Gasteiger charge is 2.18. The van der Waals surface area contributed by atoms with Crippen LogP contribution in [0.15, 0.2) is 36.5 Å². The molecule has 0 aliphatic heterocycles. The molecule has 0 saturated heterocycles. The molecule has 0 saturated carbocycles. The van der Waals surface area contributed by atoms with Crippen molar-refractivity contribution in [2.24, 2.45) is 0 Å². The van der Waals surface area contributed by atoms with Gasteiger partial charge in [0, 0.05) is 18.7 Å². The third-order valence-electron chi connectivity index (χ3n) is 2.94. The summed E-state index contributed by atoms with van der Waals surface area (Å²) in [7, 11) is 0. The summed E-state index contributed by atoms with van der Waals surface area (Å²) in [5.41, 5.74) is 1.97. The van der Waals surface area contributed by atoms with Gasteiger partial charge in [0.25, 0.3) is 0 Å². The molecule has 1 atom stereocenters. The van der Waals surface area contributed by atoms with E-state index in [0.717, 1.165) is 16.8 Å². The number of aromatic amines is 1. The Balaban J connectivity index is 2.01. The summed E-state index contributed by atoms with van der Waals surface area (Å²) in [4.78, 5) is 0. The Hall–Kier alpha value is -1.69. The molecule has 0 bridgehead atoms. The molecule has 1 heterocycles. The maximum absolute atomic E-state index is 9.70. The highest BCUT2D eigenvalue weighted by molar-refractivity contribution is 5.62. The lowest BCUT2D eigenvalue weighted by atomic mass is 10.1. The second-order valence-corrected chi connectivity index (χ2v) is 4.89. The molecule has 0 aliphatic carbocycles. The van der Waals surface area contributed by atoms with Crippen LogP contribution in [0.2, 0.25) is 0 Å². The first-order valence-corrected chi connectivity index (χ1v) is 6.24. The molecule has 0 radical (unpaired) electrons. The summed E-state index contributed by atoms with van der Waals surface area (Å²) in [5.74, 6) is 0. The van der Waals surface area contributed by atoms with Gasteiger partial charge in [-0.15, -0.1) is 0 Å². The van der Waals surface area contributed by atoms with Gasteiger partial charge in [-0.3, -0.25) is 5.10 Å². The standard InChI is InChI=1S/C14H19N3O2/c1-14(19,10-18)9-15-7-12-8-16-17-13(12)11-5-3-2-4-6-11/h2-6,8,15,18-19H,7,9-10H2,1H3,(H,16,17). The van der Waals surface area contributed by atoms with Gasteiger partial charge in [0.2, 0.25) is 0 Å². The number of nitrogens with one attached hydrogen (secondary N) is 2. The lowest BCUT2D eigenvalue weighted by Gasteiger charge is -2.20. The molecule has 0 aliphatic rings. The first-order valence-electron chi connectivity index (χ1n) is 6.24. The van der Waals surface area contributed by atoms with E-state index in [0.29, 0.717) is 13.1 Å². The first-order chi connectivity index (χ1) is 9.12. The Morgan fingerprint density at radius 1 is 1.32 bits per heavy atom. The molecule has 2 aromatic rings. The SMILES string of the molecule is CC(O)(CO)CNCc1cn[nH]c1-c1ccccc1.